The summed E-state index contributed by atoms with van der Waals surface area (Å²) >= 11 is 0. The Morgan fingerprint density at radius 3 is 2.58 bits per heavy atom. The number of aliphatic carboxylic acids is 1. The monoisotopic (exact) mass is 270 g/mol. The number of hydrogen-bond donors (Lipinski definition) is 2. The van der Waals surface area contributed by atoms with Gasteiger partial charge in [0.25, 0.3) is 5.91 Å². The Kier molecular flexibility index (Phi) is 5.23. The fraction of sp³-hybridized carbons (Fsp3) is 0.417. The maximum Gasteiger partial charge on any atom is 0.328 e. The molecule has 104 valence electrons. The second-order valence-electron chi connectivity index (χ2n) is 4.07. The first kappa shape index (κ1) is 14.9. The Morgan fingerprint density at radius 2 is 2.16 bits per heavy atom. The van der Waals surface area contributed by atoms with Crippen LogP contribution in [-0.2, 0) is 4.79 Å². The zero-order valence-corrected chi connectivity index (χ0v) is 10.6. The second-order valence-corrected chi connectivity index (χ2v) is 4.07. The molecule has 1 amide bonds. The molecule has 19 heavy (non-hydrogen) atoms. The molecule has 1 unspecified atom stereocenters. The van der Waals surface area contributed by atoms with Crippen LogP contribution in [-0.4, -0.2) is 40.8 Å². The summed E-state index contributed by atoms with van der Waals surface area (Å²) in [5, 5.41) is 10.7. The number of alkyl halides is 1. The minimum Gasteiger partial charge on any atom is -0.480 e. The van der Waals surface area contributed by atoms with E-state index >= 15 is 0 Å². The van der Waals surface area contributed by atoms with Gasteiger partial charge >= 0.3 is 5.97 Å². The lowest BCUT2D eigenvalue weighted by Crippen LogP contribution is -2.42. The molecular formula is C12H15FN2O4. The van der Waals surface area contributed by atoms with Gasteiger partial charge in [0, 0.05) is 12.3 Å². The van der Waals surface area contributed by atoms with Gasteiger partial charge in [0.2, 0.25) is 5.88 Å². The normalized spacial score (nSPS) is 12.0. The Bertz CT molecular complexity index is 448. The van der Waals surface area contributed by atoms with Crippen molar-refractivity contribution in [3.63, 3.8) is 0 Å². The number of aromatic nitrogens is 1. The molecule has 0 aromatic carbocycles. The van der Waals surface area contributed by atoms with E-state index in [9.17, 15) is 14.0 Å². The number of amides is 1. The van der Waals surface area contributed by atoms with E-state index in [2.05, 4.69) is 4.98 Å². The number of carbonyl (C=O) groups excluding carboxylic acids is 1. The summed E-state index contributed by atoms with van der Waals surface area (Å²) in [6, 6.07) is 1.36. The molecule has 0 saturated carbocycles. The summed E-state index contributed by atoms with van der Waals surface area (Å²) in [5.74, 6) is -1.77. The van der Waals surface area contributed by atoms with Crippen LogP contribution in [0.3, 0.4) is 0 Å². The lowest BCUT2D eigenvalue weighted by Gasteiger charge is -2.11. The summed E-state index contributed by atoms with van der Waals surface area (Å²) < 4.78 is 17.7. The van der Waals surface area contributed by atoms with E-state index in [0.29, 0.717) is 5.88 Å². The first-order chi connectivity index (χ1) is 8.93. The fourth-order valence-corrected chi connectivity index (χ4v) is 1.23. The predicted molar refractivity (Wildman–Crippen MR) is 64.9 cm³/mol. The van der Waals surface area contributed by atoms with Crippen LogP contribution in [0, 0.1) is 0 Å². The van der Waals surface area contributed by atoms with Crippen LogP contribution in [0.25, 0.3) is 0 Å². The van der Waals surface area contributed by atoms with Crippen molar-refractivity contribution < 1.29 is 23.8 Å². The maximum atomic E-state index is 12.4. The van der Waals surface area contributed by atoms with Crippen LogP contribution >= 0.6 is 0 Å². The molecule has 0 radical (unpaired) electrons. The van der Waals surface area contributed by atoms with Gasteiger partial charge in [-0.1, -0.05) is 0 Å². The molecule has 0 aliphatic carbocycles. The molecule has 7 heteroatoms. The van der Waals surface area contributed by atoms with Gasteiger partial charge in [-0.3, -0.25) is 4.79 Å². The van der Waals surface area contributed by atoms with Crippen LogP contribution in [0.1, 0.15) is 24.2 Å². The van der Waals surface area contributed by atoms with Crippen molar-refractivity contribution >= 4 is 11.9 Å². The summed E-state index contributed by atoms with van der Waals surface area (Å²) in [5.41, 5.74) is 0.135. The summed E-state index contributed by atoms with van der Waals surface area (Å²) in [6.07, 6.45) is 1.19. The Labute approximate surface area is 109 Å². The molecule has 1 aromatic rings. The van der Waals surface area contributed by atoms with E-state index in [0.717, 1.165) is 0 Å². The molecule has 2 N–H and O–H groups in total. The van der Waals surface area contributed by atoms with Gasteiger partial charge in [0.05, 0.1) is 11.7 Å². The first-order valence-electron chi connectivity index (χ1n) is 5.66. The van der Waals surface area contributed by atoms with Gasteiger partial charge in [0.1, 0.15) is 6.67 Å². The predicted octanol–water partition coefficient (Wildman–Crippen LogP) is 1.02. The number of carbonyl (C=O) groups is 2. The van der Waals surface area contributed by atoms with Gasteiger partial charge in [-0.15, -0.1) is 0 Å². The van der Waals surface area contributed by atoms with Crippen molar-refractivity contribution in [2.24, 2.45) is 0 Å². The van der Waals surface area contributed by atoms with E-state index in [4.69, 9.17) is 9.84 Å². The number of nitrogens with zero attached hydrogens (tertiary/aromatic N) is 1. The minimum atomic E-state index is -1.56. The van der Waals surface area contributed by atoms with Crippen LogP contribution in [0.4, 0.5) is 4.39 Å². The third-order valence-corrected chi connectivity index (χ3v) is 2.11. The SMILES string of the molecule is CC(C)Oc1ccc(C(=O)NC(CF)C(=O)O)cn1. The van der Waals surface area contributed by atoms with Gasteiger partial charge in [-0.05, 0) is 19.9 Å². The zero-order valence-electron chi connectivity index (χ0n) is 10.6. The van der Waals surface area contributed by atoms with Crippen molar-refractivity contribution in [3.05, 3.63) is 23.9 Å². The highest BCUT2D eigenvalue weighted by Gasteiger charge is 2.20. The van der Waals surface area contributed by atoms with Gasteiger partial charge < -0.3 is 15.2 Å². The molecule has 1 atom stereocenters. The molecule has 0 spiro atoms. The highest BCUT2D eigenvalue weighted by Crippen LogP contribution is 2.09. The Hall–Kier alpha value is -2.18. The highest BCUT2D eigenvalue weighted by atomic mass is 19.1. The largest absolute Gasteiger partial charge is 0.480 e. The number of halogens is 1. The number of carboxylic acids is 1. The van der Waals surface area contributed by atoms with Crippen molar-refractivity contribution in [2.75, 3.05) is 6.67 Å². The van der Waals surface area contributed by atoms with Crippen LogP contribution in [0.15, 0.2) is 18.3 Å². The summed E-state index contributed by atoms with van der Waals surface area (Å²) in [4.78, 5) is 26.1. The number of carboxylic acid groups (broad SMARTS) is 1. The number of ether oxygens (including phenoxy) is 1. The lowest BCUT2D eigenvalue weighted by molar-refractivity contribution is -0.139. The van der Waals surface area contributed by atoms with Crippen molar-refractivity contribution in [3.8, 4) is 5.88 Å². The van der Waals surface area contributed by atoms with E-state index in [1.807, 2.05) is 19.2 Å². The van der Waals surface area contributed by atoms with Gasteiger partial charge in [-0.2, -0.15) is 0 Å². The van der Waals surface area contributed by atoms with Crippen molar-refractivity contribution in [2.45, 2.75) is 26.0 Å². The van der Waals surface area contributed by atoms with E-state index in [1.165, 1.54) is 18.3 Å². The highest BCUT2D eigenvalue weighted by molar-refractivity contribution is 5.96. The minimum absolute atomic E-state index is 0.0462. The zero-order chi connectivity index (χ0) is 14.4. The first-order valence-corrected chi connectivity index (χ1v) is 5.66. The quantitative estimate of drug-likeness (QED) is 0.805. The fourth-order valence-electron chi connectivity index (χ4n) is 1.23. The average molecular weight is 270 g/mol. The Balaban J connectivity index is 2.70. The Morgan fingerprint density at radius 1 is 1.47 bits per heavy atom. The van der Waals surface area contributed by atoms with Crippen molar-refractivity contribution in [1.29, 1.82) is 0 Å². The molecule has 6 nitrogen and oxygen atoms in total. The summed E-state index contributed by atoms with van der Waals surface area (Å²) in [7, 11) is 0. The molecule has 0 aliphatic heterocycles. The lowest BCUT2D eigenvalue weighted by atomic mass is 10.2. The molecule has 0 bridgehead atoms. The van der Waals surface area contributed by atoms with E-state index in [1.54, 1.807) is 0 Å². The summed E-state index contributed by atoms with van der Waals surface area (Å²) in [6.45, 7) is 2.49. The maximum absolute atomic E-state index is 12.4. The number of rotatable bonds is 6. The number of pyridine rings is 1. The average Bonchev–Trinajstić information content (AvgIpc) is 2.35. The standard InChI is InChI=1S/C12H15FN2O4/c1-7(2)19-10-4-3-8(6-14-10)11(16)15-9(5-13)12(17)18/h3-4,6-7,9H,5H2,1-2H3,(H,15,16)(H,17,18). The third-order valence-electron chi connectivity index (χ3n) is 2.11. The molecule has 0 saturated heterocycles. The number of nitrogens with one attached hydrogen (secondary N) is 1. The van der Waals surface area contributed by atoms with Crippen LogP contribution < -0.4 is 10.1 Å². The molecule has 1 aromatic heterocycles. The van der Waals surface area contributed by atoms with Crippen LogP contribution in [0.5, 0.6) is 5.88 Å². The molecule has 1 heterocycles. The molecule has 0 fully saturated rings. The molecule has 1 rings (SSSR count). The topological polar surface area (TPSA) is 88.5 Å². The second kappa shape index (κ2) is 6.67. The van der Waals surface area contributed by atoms with Crippen molar-refractivity contribution in [1.82, 2.24) is 10.3 Å². The number of hydrogen-bond acceptors (Lipinski definition) is 4. The third kappa shape index (κ3) is 4.53. The van der Waals surface area contributed by atoms with Gasteiger partial charge in [0.15, 0.2) is 6.04 Å². The smallest absolute Gasteiger partial charge is 0.328 e. The van der Waals surface area contributed by atoms with E-state index in [-0.39, 0.29) is 11.7 Å². The molecule has 0 aliphatic rings. The molecular weight excluding hydrogens is 255 g/mol. The van der Waals surface area contributed by atoms with Gasteiger partial charge in [-0.25, -0.2) is 14.2 Å². The van der Waals surface area contributed by atoms with E-state index < -0.39 is 24.6 Å². The van der Waals surface area contributed by atoms with Crippen LogP contribution in [0.2, 0.25) is 0 Å².